The molecule has 2 saturated heterocycles. The normalized spacial score (nSPS) is 21.1. The molecule has 0 aliphatic carbocycles. The van der Waals surface area contributed by atoms with Crippen LogP contribution in [0.3, 0.4) is 0 Å². The number of aromatic nitrogens is 4. The molecule has 5 heterocycles. The molecule has 2 N–H and O–H groups in total. The van der Waals surface area contributed by atoms with Crippen LogP contribution in [-0.2, 0) is 13.0 Å². The van der Waals surface area contributed by atoms with Gasteiger partial charge in [-0.3, -0.25) is 9.20 Å². The van der Waals surface area contributed by atoms with E-state index in [1.54, 1.807) is 12.0 Å². The highest BCUT2D eigenvalue weighted by Gasteiger charge is 2.31. The maximum atomic E-state index is 13.6. The molecule has 0 saturated carbocycles. The van der Waals surface area contributed by atoms with Crippen LogP contribution in [0.5, 0.6) is 5.88 Å². The van der Waals surface area contributed by atoms with E-state index in [0.717, 1.165) is 48.1 Å². The van der Waals surface area contributed by atoms with E-state index < -0.39 is 0 Å². The van der Waals surface area contributed by atoms with Crippen molar-refractivity contribution in [3.05, 3.63) is 34.0 Å². The van der Waals surface area contributed by atoms with Crippen molar-refractivity contribution in [1.82, 2.24) is 23.8 Å². The molecule has 11 heteroatoms. The first-order valence-electron chi connectivity index (χ1n) is 13.3. The van der Waals surface area contributed by atoms with Crippen molar-refractivity contribution in [1.29, 1.82) is 0 Å². The van der Waals surface area contributed by atoms with Gasteiger partial charge in [0.25, 0.3) is 5.56 Å². The van der Waals surface area contributed by atoms with Crippen LogP contribution >= 0.6 is 0 Å². The summed E-state index contributed by atoms with van der Waals surface area (Å²) >= 11 is 0. The molecule has 0 aromatic carbocycles. The van der Waals surface area contributed by atoms with Crippen molar-refractivity contribution >= 4 is 16.7 Å². The van der Waals surface area contributed by atoms with Gasteiger partial charge >= 0.3 is 0 Å². The molecule has 0 atom stereocenters. The van der Waals surface area contributed by atoms with Crippen LogP contribution in [0.25, 0.3) is 16.7 Å². The second kappa shape index (κ2) is 12.8. The van der Waals surface area contributed by atoms with Crippen LogP contribution < -0.4 is 44.9 Å². The number of fused-ring (bicyclic) bond motifs is 3. The van der Waals surface area contributed by atoms with Crippen molar-refractivity contribution in [3.8, 4) is 5.88 Å². The maximum Gasteiger partial charge on any atom is 0.277 e. The highest BCUT2D eigenvalue weighted by molar-refractivity contribution is 5.77. The molecule has 0 unspecified atom stereocenters. The average Bonchev–Trinajstić information content (AvgIpc) is 3.23. The smallest absolute Gasteiger partial charge is 0.277 e. The Bertz CT molecular complexity index is 1250. The Morgan fingerprint density at radius 2 is 1.78 bits per heavy atom. The fourth-order valence-corrected chi connectivity index (χ4v) is 6.16. The number of aryl methyl sites for hydroxylation is 3. The highest BCUT2D eigenvalue weighted by Crippen LogP contribution is 2.21. The first-order chi connectivity index (χ1) is 17.0. The Balaban J connectivity index is 0.00000190. The van der Waals surface area contributed by atoms with Gasteiger partial charge in [-0.2, -0.15) is 4.98 Å². The number of imidazole rings is 1. The first kappa shape index (κ1) is 29.6. The van der Waals surface area contributed by atoms with E-state index in [1.165, 1.54) is 52.1 Å². The van der Waals surface area contributed by atoms with Crippen LogP contribution in [0.4, 0.5) is 0 Å². The summed E-state index contributed by atoms with van der Waals surface area (Å²) in [7, 11) is 3.86. The molecular weight excluding hydrogens is 513 g/mol. The van der Waals surface area contributed by atoms with Crippen molar-refractivity contribution < 1.29 is 39.4 Å². The van der Waals surface area contributed by atoms with E-state index in [9.17, 15) is 4.79 Å². The van der Waals surface area contributed by atoms with Gasteiger partial charge in [0, 0.05) is 51.4 Å². The topological polar surface area (TPSA) is 73.5 Å². The lowest BCUT2D eigenvalue weighted by atomic mass is 10.0. The number of methoxy groups -OCH3 is 1. The van der Waals surface area contributed by atoms with E-state index in [2.05, 4.69) is 23.9 Å². The van der Waals surface area contributed by atoms with Gasteiger partial charge in [-0.05, 0) is 20.0 Å². The molecule has 2 aliphatic heterocycles. The average molecular weight is 555 g/mol. The van der Waals surface area contributed by atoms with Crippen LogP contribution in [-0.4, -0.2) is 89.8 Å². The number of ether oxygens (including phenoxy) is 1. The molecule has 3 aromatic heterocycles. The zero-order valence-corrected chi connectivity index (χ0v) is 24.0. The fraction of sp³-hybridized carbons (Fsp3) is 0.654. The minimum atomic E-state index is 0. The van der Waals surface area contributed by atoms with Crippen molar-refractivity contribution in [2.45, 2.75) is 52.1 Å². The highest BCUT2D eigenvalue weighted by atomic mass is 35.5. The van der Waals surface area contributed by atoms with Crippen LogP contribution in [0, 0.1) is 6.92 Å². The number of pyridine rings is 1. The van der Waals surface area contributed by atoms with Crippen molar-refractivity contribution in [3.63, 3.8) is 0 Å². The lowest BCUT2D eigenvalue weighted by Crippen LogP contribution is -3.29. The van der Waals surface area contributed by atoms with Crippen LogP contribution in [0.15, 0.2) is 16.9 Å². The van der Waals surface area contributed by atoms with Gasteiger partial charge in [0.2, 0.25) is 5.88 Å². The van der Waals surface area contributed by atoms with E-state index >= 15 is 0 Å². The Kier molecular flexibility index (Phi) is 10.2. The standard InChI is InChI=1S/C26H39N7O2.2ClH/c1-5-22-27-19(2)24-26(34)32(21-7-8-23(35-4)28-25(21)33(22)24)12-6-11-30-15-17-31(18-16-30)20-9-13-29(3)14-10-20;;/h7-8,20H,5-6,9-18H2,1-4H3;2*1H. The molecule has 3 aromatic rings. The van der Waals surface area contributed by atoms with Gasteiger partial charge in [0.15, 0.2) is 5.65 Å². The van der Waals surface area contributed by atoms with Gasteiger partial charge in [-0.1, -0.05) is 6.92 Å². The van der Waals surface area contributed by atoms with Gasteiger partial charge in [-0.25, -0.2) is 4.98 Å². The summed E-state index contributed by atoms with van der Waals surface area (Å²) in [6.07, 6.45) is 4.39. The third kappa shape index (κ3) is 5.91. The fourth-order valence-electron chi connectivity index (χ4n) is 6.16. The van der Waals surface area contributed by atoms with Gasteiger partial charge in [-0.15, -0.1) is 0 Å². The lowest BCUT2D eigenvalue weighted by Gasteiger charge is -2.38. The van der Waals surface area contributed by atoms with Crippen molar-refractivity contribution in [2.24, 2.45) is 0 Å². The second-order valence-corrected chi connectivity index (χ2v) is 10.4. The number of hydrogen-bond acceptors (Lipinski definition) is 5. The molecule has 206 valence electrons. The summed E-state index contributed by atoms with van der Waals surface area (Å²) in [5.74, 6) is 1.41. The SMILES string of the molecule is CCc1nc(C)c2c(=O)n(CCC[NH+]3CC[NH+](C4CCN(C)CC4)CC3)c3ccc(OC)nc3n12.[Cl-].[Cl-]. The molecule has 2 fully saturated rings. The number of piperazine rings is 1. The monoisotopic (exact) mass is 553 g/mol. The summed E-state index contributed by atoms with van der Waals surface area (Å²) in [6, 6.07) is 4.66. The summed E-state index contributed by atoms with van der Waals surface area (Å²) in [5, 5.41) is 0. The molecular formula is C26H41Cl2N7O2. The molecule has 2 aliphatic rings. The Hall–Kier alpha value is -1.91. The zero-order valence-electron chi connectivity index (χ0n) is 22.5. The number of nitrogens with zero attached hydrogens (tertiary/aromatic N) is 5. The van der Waals surface area contributed by atoms with E-state index in [-0.39, 0.29) is 30.4 Å². The minimum Gasteiger partial charge on any atom is -1.00 e. The number of nitrogens with one attached hydrogen (secondary N) is 2. The molecule has 0 spiro atoms. The quantitative estimate of drug-likeness (QED) is 0.304. The van der Waals surface area contributed by atoms with Gasteiger partial charge in [0.05, 0.1) is 30.9 Å². The number of likely N-dealkylation sites (tertiary alicyclic amines) is 1. The number of quaternary nitrogens is 2. The van der Waals surface area contributed by atoms with Crippen LogP contribution in [0.1, 0.15) is 37.7 Å². The summed E-state index contributed by atoms with van der Waals surface area (Å²) in [4.78, 5) is 29.0. The van der Waals surface area contributed by atoms with E-state index in [0.29, 0.717) is 17.9 Å². The van der Waals surface area contributed by atoms with E-state index in [1.807, 2.05) is 32.9 Å². The number of piperidine rings is 1. The summed E-state index contributed by atoms with van der Waals surface area (Å²) < 4.78 is 9.24. The molecule has 37 heavy (non-hydrogen) atoms. The number of hydrogen-bond donors (Lipinski definition) is 2. The summed E-state index contributed by atoms with van der Waals surface area (Å²) in [6.45, 7) is 13.3. The zero-order chi connectivity index (χ0) is 24.5. The second-order valence-electron chi connectivity index (χ2n) is 10.4. The third-order valence-corrected chi connectivity index (χ3v) is 8.23. The predicted octanol–water partition coefficient (Wildman–Crippen LogP) is -6.80. The lowest BCUT2D eigenvalue weighted by molar-refractivity contribution is -1.02. The third-order valence-electron chi connectivity index (χ3n) is 8.23. The van der Waals surface area contributed by atoms with Crippen molar-refractivity contribution in [2.75, 3.05) is 60.0 Å². The minimum absolute atomic E-state index is 0. The predicted molar refractivity (Wildman–Crippen MR) is 137 cm³/mol. The maximum absolute atomic E-state index is 13.6. The molecule has 0 radical (unpaired) electrons. The number of halogens is 2. The van der Waals surface area contributed by atoms with Gasteiger partial charge in [0.1, 0.15) is 37.5 Å². The largest absolute Gasteiger partial charge is 1.00 e. The van der Waals surface area contributed by atoms with Gasteiger partial charge < -0.3 is 48.8 Å². The number of rotatable bonds is 7. The summed E-state index contributed by atoms with van der Waals surface area (Å²) in [5.41, 5.74) is 3.03. The molecule has 9 nitrogen and oxygen atoms in total. The molecule has 5 rings (SSSR count). The molecule has 0 bridgehead atoms. The molecule has 0 amide bonds. The Morgan fingerprint density at radius 1 is 1.08 bits per heavy atom. The first-order valence-corrected chi connectivity index (χ1v) is 13.3. The Labute approximate surface area is 231 Å². The van der Waals surface area contributed by atoms with E-state index in [4.69, 9.17) is 9.72 Å². The Morgan fingerprint density at radius 3 is 2.43 bits per heavy atom. The van der Waals surface area contributed by atoms with Crippen LogP contribution in [0.2, 0.25) is 0 Å².